The van der Waals surface area contributed by atoms with Crippen molar-refractivity contribution in [3.63, 3.8) is 0 Å². The maximum absolute atomic E-state index is 12.9. The highest BCUT2D eigenvalue weighted by atomic mass is 32.1. The van der Waals surface area contributed by atoms with E-state index in [2.05, 4.69) is 0 Å². The van der Waals surface area contributed by atoms with Gasteiger partial charge in [-0.2, -0.15) is 11.3 Å². The fourth-order valence-corrected chi connectivity index (χ4v) is 2.03. The summed E-state index contributed by atoms with van der Waals surface area (Å²) >= 11 is 1.35. The summed E-state index contributed by atoms with van der Waals surface area (Å²) in [6.07, 6.45) is -1.14. The largest absolute Gasteiger partial charge is 0.384 e. The van der Waals surface area contributed by atoms with Crippen LogP contribution in [0.1, 0.15) is 17.2 Å². The van der Waals surface area contributed by atoms with Gasteiger partial charge in [-0.05, 0) is 40.1 Å². The molecule has 16 heavy (non-hydrogen) atoms. The molecule has 1 atom stereocenters. The third-order valence-corrected chi connectivity index (χ3v) is 2.88. The van der Waals surface area contributed by atoms with Gasteiger partial charge in [-0.3, -0.25) is 0 Å². The highest BCUT2D eigenvalue weighted by Gasteiger charge is 2.17. The van der Waals surface area contributed by atoms with Crippen LogP contribution in [-0.2, 0) is 0 Å². The van der Waals surface area contributed by atoms with Crippen LogP contribution in [0.3, 0.4) is 0 Å². The minimum Gasteiger partial charge on any atom is -0.384 e. The average Bonchev–Trinajstić information content (AvgIpc) is 2.77. The van der Waals surface area contributed by atoms with Crippen molar-refractivity contribution in [2.75, 3.05) is 0 Å². The Bertz CT molecular complexity index is 473. The number of hydrogen-bond acceptors (Lipinski definition) is 2. The Morgan fingerprint density at radius 3 is 2.19 bits per heavy atom. The lowest BCUT2D eigenvalue weighted by Gasteiger charge is -2.09. The molecule has 0 aliphatic heterocycles. The van der Waals surface area contributed by atoms with Gasteiger partial charge in [0.2, 0.25) is 0 Å². The van der Waals surface area contributed by atoms with Gasteiger partial charge in [0.05, 0.1) is 0 Å². The maximum Gasteiger partial charge on any atom is 0.194 e. The number of aliphatic hydroxyl groups is 1. The molecule has 1 aromatic carbocycles. The molecule has 0 fully saturated rings. The van der Waals surface area contributed by atoms with E-state index in [1.54, 1.807) is 16.8 Å². The molecular formula is C11H7F3OS. The van der Waals surface area contributed by atoms with Crippen LogP contribution in [0.25, 0.3) is 0 Å². The van der Waals surface area contributed by atoms with Crippen molar-refractivity contribution in [2.24, 2.45) is 0 Å². The zero-order valence-corrected chi connectivity index (χ0v) is 8.77. The minimum atomic E-state index is -1.53. The zero-order valence-electron chi connectivity index (χ0n) is 7.95. The summed E-state index contributed by atoms with van der Waals surface area (Å²) in [4.78, 5) is 0. The molecule has 0 aliphatic rings. The summed E-state index contributed by atoms with van der Waals surface area (Å²) in [7, 11) is 0. The van der Waals surface area contributed by atoms with E-state index in [0.29, 0.717) is 5.56 Å². The molecule has 0 saturated carbocycles. The number of rotatable bonds is 2. The second-order valence-corrected chi connectivity index (χ2v) is 4.04. The molecule has 0 amide bonds. The second-order valence-electron chi connectivity index (χ2n) is 3.26. The quantitative estimate of drug-likeness (QED) is 0.804. The summed E-state index contributed by atoms with van der Waals surface area (Å²) in [5.41, 5.74) is 0.519. The maximum atomic E-state index is 12.9. The molecular weight excluding hydrogens is 237 g/mol. The number of halogens is 3. The minimum absolute atomic E-state index is 0.00481. The molecule has 84 valence electrons. The first-order valence-corrected chi connectivity index (χ1v) is 5.38. The molecule has 0 bridgehead atoms. The van der Waals surface area contributed by atoms with Gasteiger partial charge in [-0.1, -0.05) is 0 Å². The summed E-state index contributed by atoms with van der Waals surface area (Å²) in [5, 5.41) is 13.2. The van der Waals surface area contributed by atoms with Crippen molar-refractivity contribution in [3.05, 3.63) is 57.5 Å². The standard InChI is InChI=1S/C11H7F3OS/c12-8-3-7(4-9(13)10(8)14)11(15)6-1-2-16-5-6/h1-5,11,15H/t11-/m1/s1. The van der Waals surface area contributed by atoms with Crippen LogP contribution in [0, 0.1) is 17.5 Å². The number of benzene rings is 1. The van der Waals surface area contributed by atoms with Crippen LogP contribution in [0.2, 0.25) is 0 Å². The molecule has 0 unspecified atom stereocenters. The topological polar surface area (TPSA) is 20.2 Å². The summed E-state index contributed by atoms with van der Waals surface area (Å²) < 4.78 is 38.5. The van der Waals surface area contributed by atoms with Crippen LogP contribution in [0.4, 0.5) is 13.2 Å². The van der Waals surface area contributed by atoms with Crippen molar-refractivity contribution >= 4 is 11.3 Å². The predicted octanol–water partition coefficient (Wildman–Crippen LogP) is 3.25. The van der Waals surface area contributed by atoms with Crippen molar-refractivity contribution in [3.8, 4) is 0 Å². The Morgan fingerprint density at radius 1 is 1.06 bits per heavy atom. The molecule has 1 N–H and O–H groups in total. The first-order valence-electron chi connectivity index (χ1n) is 4.44. The van der Waals surface area contributed by atoms with E-state index in [4.69, 9.17) is 0 Å². The van der Waals surface area contributed by atoms with Crippen LogP contribution in [0.15, 0.2) is 29.0 Å². The normalized spacial score (nSPS) is 12.8. The fraction of sp³-hybridized carbons (Fsp3) is 0.0909. The van der Waals surface area contributed by atoms with E-state index in [1.807, 2.05) is 0 Å². The molecule has 1 nitrogen and oxygen atoms in total. The molecule has 0 spiro atoms. The van der Waals surface area contributed by atoms with Crippen molar-refractivity contribution in [1.82, 2.24) is 0 Å². The van der Waals surface area contributed by atoms with E-state index < -0.39 is 23.6 Å². The fourth-order valence-electron chi connectivity index (χ4n) is 1.36. The van der Waals surface area contributed by atoms with Gasteiger partial charge in [0.15, 0.2) is 17.5 Å². The first kappa shape index (κ1) is 11.2. The van der Waals surface area contributed by atoms with E-state index >= 15 is 0 Å². The van der Waals surface area contributed by atoms with Crippen LogP contribution in [-0.4, -0.2) is 5.11 Å². The lowest BCUT2D eigenvalue weighted by molar-refractivity contribution is 0.219. The Balaban J connectivity index is 2.42. The number of thiophene rings is 1. The van der Waals surface area contributed by atoms with Gasteiger partial charge in [0.25, 0.3) is 0 Å². The Labute approximate surface area is 93.8 Å². The molecule has 0 radical (unpaired) electrons. The third kappa shape index (κ3) is 1.96. The van der Waals surface area contributed by atoms with Gasteiger partial charge in [0, 0.05) is 0 Å². The van der Waals surface area contributed by atoms with Crippen LogP contribution < -0.4 is 0 Å². The highest BCUT2D eigenvalue weighted by Crippen LogP contribution is 2.26. The lowest BCUT2D eigenvalue weighted by atomic mass is 10.0. The predicted molar refractivity (Wildman–Crippen MR) is 54.7 cm³/mol. The Morgan fingerprint density at radius 2 is 1.69 bits per heavy atom. The van der Waals surface area contributed by atoms with Crippen LogP contribution >= 0.6 is 11.3 Å². The van der Waals surface area contributed by atoms with Gasteiger partial charge in [-0.25, -0.2) is 13.2 Å². The van der Waals surface area contributed by atoms with Crippen molar-refractivity contribution < 1.29 is 18.3 Å². The lowest BCUT2D eigenvalue weighted by Crippen LogP contribution is -2.02. The number of hydrogen-bond donors (Lipinski definition) is 1. The van der Waals surface area contributed by atoms with E-state index in [0.717, 1.165) is 12.1 Å². The second kappa shape index (κ2) is 4.27. The van der Waals surface area contributed by atoms with Crippen molar-refractivity contribution in [2.45, 2.75) is 6.10 Å². The number of aliphatic hydroxyl groups excluding tert-OH is 1. The molecule has 2 aromatic rings. The van der Waals surface area contributed by atoms with Gasteiger partial charge in [-0.15, -0.1) is 0 Å². The van der Waals surface area contributed by atoms with Crippen LogP contribution in [0.5, 0.6) is 0 Å². The third-order valence-electron chi connectivity index (χ3n) is 2.18. The summed E-state index contributed by atoms with van der Waals surface area (Å²) in [6, 6.07) is 3.22. The highest BCUT2D eigenvalue weighted by molar-refractivity contribution is 7.07. The van der Waals surface area contributed by atoms with E-state index in [9.17, 15) is 18.3 Å². The summed E-state index contributed by atoms with van der Waals surface area (Å²) in [6.45, 7) is 0. The molecule has 0 saturated heterocycles. The van der Waals surface area contributed by atoms with Gasteiger partial charge < -0.3 is 5.11 Å². The first-order chi connectivity index (χ1) is 7.59. The average molecular weight is 244 g/mol. The zero-order chi connectivity index (χ0) is 11.7. The van der Waals surface area contributed by atoms with E-state index in [1.165, 1.54) is 11.3 Å². The van der Waals surface area contributed by atoms with E-state index in [-0.39, 0.29) is 5.56 Å². The van der Waals surface area contributed by atoms with Gasteiger partial charge in [0.1, 0.15) is 6.10 Å². The summed E-state index contributed by atoms with van der Waals surface area (Å²) in [5.74, 6) is -4.13. The molecule has 5 heteroatoms. The molecule has 1 aromatic heterocycles. The van der Waals surface area contributed by atoms with Gasteiger partial charge >= 0.3 is 0 Å². The molecule has 1 heterocycles. The SMILES string of the molecule is O[C@H](c1ccsc1)c1cc(F)c(F)c(F)c1. The monoisotopic (exact) mass is 244 g/mol. The smallest absolute Gasteiger partial charge is 0.194 e. The molecule has 0 aliphatic carbocycles. The Kier molecular flexibility index (Phi) is 2.98. The van der Waals surface area contributed by atoms with Crippen molar-refractivity contribution in [1.29, 1.82) is 0 Å². The molecule has 2 rings (SSSR count). The Hall–Kier alpha value is -1.33.